The SMILES string of the molecule is COc1nc(=S)nc(-c2cccc(OC)c2OC)[nH]1. The number of benzene rings is 1. The number of aromatic amines is 1. The number of nitrogens with one attached hydrogen (secondary N) is 1. The highest BCUT2D eigenvalue weighted by Gasteiger charge is 2.14. The minimum absolute atomic E-state index is 0.190. The minimum atomic E-state index is 0.190. The molecule has 1 aromatic carbocycles. The maximum absolute atomic E-state index is 5.35. The Labute approximate surface area is 115 Å². The fourth-order valence-electron chi connectivity index (χ4n) is 1.66. The second-order valence-electron chi connectivity index (χ2n) is 3.53. The van der Waals surface area contributed by atoms with Crippen LogP contribution in [-0.2, 0) is 0 Å². The molecule has 0 atom stereocenters. The van der Waals surface area contributed by atoms with Crippen molar-refractivity contribution in [2.45, 2.75) is 0 Å². The summed E-state index contributed by atoms with van der Waals surface area (Å²) in [5.74, 6) is 1.68. The van der Waals surface area contributed by atoms with Crippen molar-refractivity contribution in [2.75, 3.05) is 21.3 Å². The van der Waals surface area contributed by atoms with Gasteiger partial charge in [-0.3, -0.25) is 4.98 Å². The number of hydrogen-bond acceptors (Lipinski definition) is 6. The van der Waals surface area contributed by atoms with Gasteiger partial charge in [0.25, 0.3) is 6.01 Å². The van der Waals surface area contributed by atoms with Crippen molar-refractivity contribution in [3.05, 3.63) is 23.0 Å². The summed E-state index contributed by atoms with van der Waals surface area (Å²) in [5, 5.41) is 0. The van der Waals surface area contributed by atoms with Crippen LogP contribution in [0.5, 0.6) is 17.5 Å². The van der Waals surface area contributed by atoms with Gasteiger partial charge in [-0.1, -0.05) is 6.07 Å². The van der Waals surface area contributed by atoms with Crippen molar-refractivity contribution in [2.24, 2.45) is 0 Å². The second-order valence-corrected chi connectivity index (χ2v) is 3.90. The molecule has 0 aliphatic rings. The van der Waals surface area contributed by atoms with Gasteiger partial charge in [0.1, 0.15) is 5.82 Å². The lowest BCUT2D eigenvalue weighted by atomic mass is 10.1. The van der Waals surface area contributed by atoms with Crippen LogP contribution < -0.4 is 14.2 Å². The summed E-state index contributed by atoms with van der Waals surface area (Å²) in [6.07, 6.45) is 0. The molecule has 7 heteroatoms. The van der Waals surface area contributed by atoms with Crippen LogP contribution in [0, 0.1) is 4.77 Å². The first-order valence-corrected chi connectivity index (χ1v) is 5.84. The standard InChI is InChI=1S/C12H13N3O3S/c1-16-8-6-4-5-7(9(8)17-2)10-13-11(18-3)15-12(19)14-10/h4-6H,1-3H3,(H,13,14,15,19). The van der Waals surface area contributed by atoms with Crippen molar-refractivity contribution < 1.29 is 14.2 Å². The van der Waals surface area contributed by atoms with E-state index in [1.54, 1.807) is 20.3 Å². The predicted octanol–water partition coefficient (Wildman–Crippen LogP) is 2.23. The first-order chi connectivity index (χ1) is 9.19. The highest BCUT2D eigenvalue weighted by molar-refractivity contribution is 7.71. The van der Waals surface area contributed by atoms with Crippen LogP contribution in [0.25, 0.3) is 11.4 Å². The van der Waals surface area contributed by atoms with E-state index in [0.29, 0.717) is 28.9 Å². The third-order valence-corrected chi connectivity index (χ3v) is 2.66. The number of para-hydroxylation sites is 1. The van der Waals surface area contributed by atoms with E-state index in [-0.39, 0.29) is 4.77 Å². The highest BCUT2D eigenvalue weighted by Crippen LogP contribution is 2.36. The molecule has 1 aromatic heterocycles. The van der Waals surface area contributed by atoms with Crippen LogP contribution in [-0.4, -0.2) is 36.3 Å². The summed E-state index contributed by atoms with van der Waals surface area (Å²) in [5.41, 5.74) is 0.716. The van der Waals surface area contributed by atoms with Crippen molar-refractivity contribution in [1.29, 1.82) is 0 Å². The maximum atomic E-state index is 5.35. The number of ether oxygens (including phenoxy) is 3. The van der Waals surface area contributed by atoms with E-state index in [0.717, 1.165) is 0 Å². The van der Waals surface area contributed by atoms with Gasteiger partial charge in [-0.25, -0.2) is 0 Å². The molecule has 0 unspecified atom stereocenters. The van der Waals surface area contributed by atoms with Gasteiger partial charge in [0.2, 0.25) is 4.77 Å². The average Bonchev–Trinajstić information content (AvgIpc) is 2.45. The van der Waals surface area contributed by atoms with Crippen LogP contribution in [0.2, 0.25) is 0 Å². The molecule has 1 heterocycles. The van der Waals surface area contributed by atoms with Crippen LogP contribution >= 0.6 is 12.2 Å². The van der Waals surface area contributed by atoms with Gasteiger partial charge in [0.05, 0.1) is 26.9 Å². The molecule has 0 fully saturated rings. The molecular formula is C12H13N3O3S. The quantitative estimate of drug-likeness (QED) is 0.865. The summed E-state index contributed by atoms with van der Waals surface area (Å²) >= 11 is 5.00. The molecule has 0 saturated heterocycles. The number of rotatable bonds is 4. The number of hydrogen-bond donors (Lipinski definition) is 1. The fourth-order valence-corrected chi connectivity index (χ4v) is 1.84. The maximum Gasteiger partial charge on any atom is 0.297 e. The van der Waals surface area contributed by atoms with Crippen molar-refractivity contribution in [1.82, 2.24) is 15.0 Å². The Balaban J connectivity index is 2.64. The summed E-state index contributed by atoms with van der Waals surface area (Å²) in [4.78, 5) is 11.0. The lowest BCUT2D eigenvalue weighted by Gasteiger charge is -2.12. The van der Waals surface area contributed by atoms with Crippen LogP contribution in [0.1, 0.15) is 0 Å². The minimum Gasteiger partial charge on any atom is -0.493 e. The third-order valence-electron chi connectivity index (χ3n) is 2.48. The van der Waals surface area contributed by atoms with E-state index in [1.165, 1.54) is 7.11 Å². The predicted molar refractivity (Wildman–Crippen MR) is 72.3 cm³/mol. The van der Waals surface area contributed by atoms with Gasteiger partial charge in [0, 0.05) is 0 Å². The zero-order valence-electron chi connectivity index (χ0n) is 10.8. The Kier molecular flexibility index (Phi) is 3.96. The second kappa shape index (κ2) is 5.66. The van der Waals surface area contributed by atoms with Gasteiger partial charge in [-0.2, -0.15) is 9.97 Å². The normalized spacial score (nSPS) is 10.1. The number of methoxy groups -OCH3 is 3. The molecule has 1 N–H and O–H groups in total. The number of aromatic nitrogens is 3. The van der Waals surface area contributed by atoms with E-state index in [4.69, 9.17) is 26.4 Å². The first kappa shape index (κ1) is 13.3. The lowest BCUT2D eigenvalue weighted by Crippen LogP contribution is -2.00. The van der Waals surface area contributed by atoms with E-state index in [2.05, 4.69) is 15.0 Å². The molecule has 100 valence electrons. The van der Waals surface area contributed by atoms with E-state index >= 15 is 0 Å². The van der Waals surface area contributed by atoms with E-state index in [1.807, 2.05) is 12.1 Å². The average molecular weight is 279 g/mol. The lowest BCUT2D eigenvalue weighted by molar-refractivity contribution is 0.355. The molecule has 0 aliphatic heterocycles. The van der Waals surface area contributed by atoms with Gasteiger partial charge < -0.3 is 14.2 Å². The van der Waals surface area contributed by atoms with Crippen LogP contribution in [0.4, 0.5) is 0 Å². The largest absolute Gasteiger partial charge is 0.493 e. The first-order valence-electron chi connectivity index (χ1n) is 5.43. The molecular weight excluding hydrogens is 266 g/mol. The van der Waals surface area contributed by atoms with Gasteiger partial charge >= 0.3 is 0 Å². The number of nitrogens with zero attached hydrogens (tertiary/aromatic N) is 2. The number of H-pyrrole nitrogens is 1. The summed E-state index contributed by atoms with van der Waals surface area (Å²) in [6, 6.07) is 5.77. The Morgan fingerprint density at radius 2 is 1.84 bits per heavy atom. The smallest absolute Gasteiger partial charge is 0.297 e. The molecule has 0 amide bonds. The molecule has 2 rings (SSSR count). The molecule has 6 nitrogen and oxygen atoms in total. The van der Waals surface area contributed by atoms with Crippen molar-refractivity contribution in [3.63, 3.8) is 0 Å². The van der Waals surface area contributed by atoms with Crippen molar-refractivity contribution in [3.8, 4) is 28.9 Å². The zero-order chi connectivity index (χ0) is 13.8. The van der Waals surface area contributed by atoms with Gasteiger partial charge in [-0.15, -0.1) is 0 Å². The highest BCUT2D eigenvalue weighted by atomic mass is 32.1. The Bertz CT molecular complexity index is 642. The molecule has 0 bridgehead atoms. The fraction of sp³-hybridized carbons (Fsp3) is 0.250. The van der Waals surface area contributed by atoms with Gasteiger partial charge in [0.15, 0.2) is 11.5 Å². The Hall–Kier alpha value is -2.15. The summed E-state index contributed by atoms with van der Waals surface area (Å²) in [7, 11) is 4.64. The molecule has 0 saturated carbocycles. The molecule has 0 aliphatic carbocycles. The molecule has 0 radical (unpaired) electrons. The monoisotopic (exact) mass is 279 g/mol. The molecule has 2 aromatic rings. The van der Waals surface area contributed by atoms with E-state index < -0.39 is 0 Å². The van der Waals surface area contributed by atoms with Gasteiger partial charge in [-0.05, 0) is 24.4 Å². The Morgan fingerprint density at radius 1 is 1.05 bits per heavy atom. The summed E-state index contributed by atoms with van der Waals surface area (Å²) < 4.78 is 15.8. The zero-order valence-corrected chi connectivity index (χ0v) is 11.6. The molecule has 0 spiro atoms. The Morgan fingerprint density at radius 3 is 2.47 bits per heavy atom. The third kappa shape index (κ3) is 2.65. The van der Waals surface area contributed by atoms with E-state index in [9.17, 15) is 0 Å². The topological polar surface area (TPSA) is 69.3 Å². The van der Waals surface area contributed by atoms with Crippen LogP contribution in [0.15, 0.2) is 18.2 Å². The van der Waals surface area contributed by atoms with Crippen molar-refractivity contribution >= 4 is 12.2 Å². The summed E-state index contributed by atoms with van der Waals surface area (Å²) in [6.45, 7) is 0. The van der Waals surface area contributed by atoms with Crippen LogP contribution in [0.3, 0.4) is 0 Å². The molecule has 19 heavy (non-hydrogen) atoms.